The zero-order valence-electron chi connectivity index (χ0n) is 26.8. The Balaban J connectivity index is 1.32. The average molecular weight is 688 g/mol. The molecule has 1 aliphatic heterocycles. The van der Waals surface area contributed by atoms with Crippen LogP contribution >= 0.6 is 23.2 Å². The van der Waals surface area contributed by atoms with Crippen molar-refractivity contribution in [3.05, 3.63) is 148 Å². The number of phenolic OH excluding ortho intramolecular Hbond substituents is 1. The lowest BCUT2D eigenvalue weighted by Gasteiger charge is -2.38. The van der Waals surface area contributed by atoms with Crippen molar-refractivity contribution in [2.45, 2.75) is 49.9 Å². The van der Waals surface area contributed by atoms with Crippen LogP contribution in [-0.2, 0) is 16.5 Å². The van der Waals surface area contributed by atoms with Crippen LogP contribution in [0.15, 0.2) is 115 Å². The second-order valence-electron chi connectivity index (χ2n) is 13.1. The van der Waals surface area contributed by atoms with Gasteiger partial charge in [-0.05, 0) is 62.3 Å². The molecule has 6 rings (SSSR count). The van der Waals surface area contributed by atoms with Gasteiger partial charge < -0.3 is 10.0 Å². The normalized spacial score (nSPS) is 15.8. The first-order valence-electron chi connectivity index (χ1n) is 15.9. The van der Waals surface area contributed by atoms with E-state index in [0.717, 1.165) is 48.4 Å². The second kappa shape index (κ2) is 13.9. The van der Waals surface area contributed by atoms with Crippen molar-refractivity contribution in [3.8, 4) is 5.75 Å². The van der Waals surface area contributed by atoms with Gasteiger partial charge in [0.25, 0.3) is 0 Å². The Hall–Kier alpha value is -3.62. The number of hydrogen-bond donors (Lipinski definition) is 2. The fourth-order valence-electron chi connectivity index (χ4n) is 6.57. The number of phenols is 1. The highest BCUT2D eigenvalue weighted by Crippen LogP contribution is 2.43. The Labute approximate surface area is 289 Å². The lowest BCUT2D eigenvalue weighted by Crippen LogP contribution is -2.43. The smallest absolute Gasteiger partial charge is 0.150 e. The van der Waals surface area contributed by atoms with Gasteiger partial charge in [-0.3, -0.25) is 4.68 Å². The Morgan fingerprint density at radius 1 is 0.809 bits per heavy atom. The van der Waals surface area contributed by atoms with Crippen molar-refractivity contribution in [3.63, 3.8) is 0 Å². The van der Waals surface area contributed by atoms with Crippen LogP contribution in [0.2, 0.25) is 10.0 Å². The first-order valence-corrected chi connectivity index (χ1v) is 17.8. The fraction of sp³-hybridized carbons (Fsp3) is 0.289. The maximum atomic E-state index is 13.3. The molecule has 0 spiro atoms. The molecule has 2 heterocycles. The summed E-state index contributed by atoms with van der Waals surface area (Å²) in [6.45, 7) is 7.29. The molecule has 0 unspecified atom stereocenters. The summed E-state index contributed by atoms with van der Waals surface area (Å²) in [6.07, 6.45) is 3.68. The van der Waals surface area contributed by atoms with Gasteiger partial charge in [0.2, 0.25) is 0 Å². The molecule has 9 heteroatoms. The zero-order valence-corrected chi connectivity index (χ0v) is 29.1. The van der Waals surface area contributed by atoms with Crippen LogP contribution in [0, 0.1) is 5.92 Å². The number of nitrogens with zero attached hydrogens (tertiary/aromatic N) is 3. The highest BCUT2D eigenvalue weighted by molar-refractivity contribution is 7.84. The third kappa shape index (κ3) is 6.72. The number of benzene rings is 4. The molecule has 0 bridgehead atoms. The van der Waals surface area contributed by atoms with Crippen LogP contribution in [0.4, 0.5) is 5.82 Å². The third-order valence-electron chi connectivity index (χ3n) is 9.02. The van der Waals surface area contributed by atoms with Gasteiger partial charge in [-0.1, -0.05) is 114 Å². The molecule has 0 saturated carbocycles. The van der Waals surface area contributed by atoms with Gasteiger partial charge in [-0.2, -0.15) is 5.10 Å². The van der Waals surface area contributed by atoms with E-state index in [0.29, 0.717) is 10.6 Å². The largest absolute Gasteiger partial charge is 0.508 e. The summed E-state index contributed by atoms with van der Waals surface area (Å²) in [5, 5.41) is 16.8. The number of aromatic nitrogens is 2. The van der Waals surface area contributed by atoms with Crippen molar-refractivity contribution < 1.29 is 9.32 Å². The van der Waals surface area contributed by atoms with Crippen LogP contribution in [-0.4, -0.2) is 36.9 Å². The minimum absolute atomic E-state index is 0.0445. The molecule has 1 aliphatic rings. The molecule has 4 aromatic carbocycles. The number of hydrogen-bond acceptors (Lipinski definition) is 4. The summed E-state index contributed by atoms with van der Waals surface area (Å²) in [5.41, 5.74) is 3.28. The topological polar surface area (TPSA) is 70.4 Å². The minimum Gasteiger partial charge on any atom is -0.508 e. The quantitative estimate of drug-likeness (QED) is 0.152. The summed E-state index contributed by atoms with van der Waals surface area (Å²) < 4.78 is 18.3. The lowest BCUT2D eigenvalue weighted by atomic mass is 9.77. The number of aromatic hydroxyl groups is 1. The molecule has 1 fully saturated rings. The van der Waals surface area contributed by atoms with Gasteiger partial charge in [0.15, 0.2) is 5.82 Å². The second-order valence-corrected chi connectivity index (χ2v) is 15.9. The van der Waals surface area contributed by atoms with Crippen LogP contribution in [0.1, 0.15) is 61.9 Å². The van der Waals surface area contributed by atoms with Crippen molar-refractivity contribution in [2.24, 2.45) is 5.92 Å². The van der Waals surface area contributed by atoms with E-state index >= 15 is 0 Å². The minimum atomic E-state index is -1.36. The molecule has 47 heavy (non-hydrogen) atoms. The van der Waals surface area contributed by atoms with Crippen molar-refractivity contribution in [2.75, 3.05) is 18.0 Å². The molecule has 5 aromatic rings. The van der Waals surface area contributed by atoms with Gasteiger partial charge in [0.1, 0.15) is 11.3 Å². The predicted molar refractivity (Wildman–Crippen MR) is 194 cm³/mol. The Bertz CT molecular complexity index is 1720. The fourth-order valence-corrected chi connectivity index (χ4v) is 7.81. The summed E-state index contributed by atoms with van der Waals surface area (Å²) in [5.74, 6) is 1.04. The van der Waals surface area contributed by atoms with Gasteiger partial charge in [-0.25, -0.2) is 8.93 Å². The summed E-state index contributed by atoms with van der Waals surface area (Å²) in [4.78, 5) is 2.31. The van der Waals surface area contributed by atoms with E-state index in [1.54, 1.807) is 6.07 Å². The van der Waals surface area contributed by atoms with Crippen molar-refractivity contribution in [1.29, 1.82) is 0 Å². The summed E-state index contributed by atoms with van der Waals surface area (Å²) in [7, 11) is -1.36. The maximum absolute atomic E-state index is 13.3. The van der Waals surface area contributed by atoms with Crippen LogP contribution in [0.5, 0.6) is 5.75 Å². The molecule has 0 amide bonds. The average Bonchev–Trinajstić information content (AvgIpc) is 3.57. The van der Waals surface area contributed by atoms with Crippen LogP contribution in [0.25, 0.3) is 0 Å². The number of piperidine rings is 1. The first-order chi connectivity index (χ1) is 22.6. The monoisotopic (exact) mass is 686 g/mol. The Kier molecular flexibility index (Phi) is 9.81. The molecule has 2 N–H and O–H groups in total. The van der Waals surface area contributed by atoms with E-state index in [-0.39, 0.29) is 22.7 Å². The number of rotatable bonds is 9. The van der Waals surface area contributed by atoms with E-state index in [1.165, 1.54) is 6.07 Å². The zero-order chi connectivity index (χ0) is 33.2. The molecule has 0 aliphatic carbocycles. The van der Waals surface area contributed by atoms with Crippen molar-refractivity contribution in [1.82, 2.24) is 14.5 Å². The molecule has 2 atom stereocenters. The highest BCUT2D eigenvalue weighted by atomic mass is 35.5. The van der Waals surface area contributed by atoms with Gasteiger partial charge in [0, 0.05) is 37.0 Å². The standard InChI is InChI=1S/C38H40Cl2N4O2S/c1-37(2,3)47(46)42-36(31-25-32(39)33(40)26-34(31)45)27-19-22-43(23-20-27)35-21-24-44(41-35)38(28-13-7-4-8-14-28,29-15-9-5-10-16-29)30-17-11-6-12-18-30/h4-18,21,24-27,36,42,45H,19-20,22-23H2,1-3H3/t36-,47+/m1/s1. The van der Waals surface area contributed by atoms with E-state index in [2.05, 4.69) is 99.4 Å². The number of halogens is 2. The predicted octanol–water partition coefficient (Wildman–Crippen LogP) is 8.75. The van der Waals surface area contributed by atoms with E-state index in [4.69, 9.17) is 28.3 Å². The molecular weight excluding hydrogens is 647 g/mol. The van der Waals surface area contributed by atoms with E-state index in [9.17, 15) is 9.32 Å². The SMILES string of the molecule is CC(C)(C)[S@](=O)N[C@@H](c1cc(Cl)c(Cl)cc1O)C1CCN(c2ccn(C(c3ccccc3)(c3ccccc3)c3ccccc3)n2)CC1. The Morgan fingerprint density at radius 3 is 1.79 bits per heavy atom. The lowest BCUT2D eigenvalue weighted by molar-refractivity contribution is 0.320. The maximum Gasteiger partial charge on any atom is 0.150 e. The van der Waals surface area contributed by atoms with Crippen molar-refractivity contribution >= 4 is 40.0 Å². The molecular formula is C38H40Cl2N4O2S. The molecule has 0 radical (unpaired) electrons. The van der Waals surface area contributed by atoms with Gasteiger partial charge in [0.05, 0.1) is 31.8 Å². The van der Waals surface area contributed by atoms with E-state index < -0.39 is 21.3 Å². The van der Waals surface area contributed by atoms with Gasteiger partial charge in [-0.15, -0.1) is 0 Å². The number of nitrogens with one attached hydrogen (secondary N) is 1. The number of anilines is 1. The van der Waals surface area contributed by atoms with Gasteiger partial charge >= 0.3 is 0 Å². The first kappa shape index (κ1) is 33.3. The molecule has 1 saturated heterocycles. The van der Waals surface area contributed by atoms with Crippen LogP contribution < -0.4 is 9.62 Å². The Morgan fingerprint density at radius 2 is 1.30 bits per heavy atom. The molecule has 6 nitrogen and oxygen atoms in total. The summed E-state index contributed by atoms with van der Waals surface area (Å²) >= 11 is 12.6. The van der Waals surface area contributed by atoms with E-state index in [1.807, 2.05) is 39.0 Å². The highest BCUT2D eigenvalue weighted by Gasteiger charge is 2.40. The summed E-state index contributed by atoms with van der Waals surface area (Å²) in [6, 6.07) is 36.5. The molecule has 244 valence electrons. The third-order valence-corrected chi connectivity index (χ3v) is 11.3. The molecule has 1 aromatic heterocycles. The van der Waals surface area contributed by atoms with Crippen LogP contribution in [0.3, 0.4) is 0 Å².